The van der Waals surface area contributed by atoms with Gasteiger partial charge in [0.05, 0.1) is 0 Å². The SMILES string of the molecule is CC1CCCN1c1n[nH]c(N)n1. The van der Waals surface area contributed by atoms with Crippen LogP contribution in [0.5, 0.6) is 0 Å². The van der Waals surface area contributed by atoms with Gasteiger partial charge in [0.2, 0.25) is 11.9 Å². The number of nitrogens with two attached hydrogens (primary N) is 1. The molecule has 1 saturated heterocycles. The summed E-state index contributed by atoms with van der Waals surface area (Å²) in [6.07, 6.45) is 2.43. The third-order valence-corrected chi connectivity index (χ3v) is 2.30. The monoisotopic (exact) mass is 167 g/mol. The first-order valence-corrected chi connectivity index (χ1v) is 4.22. The van der Waals surface area contributed by atoms with Gasteiger partial charge in [0.1, 0.15) is 0 Å². The molecule has 5 nitrogen and oxygen atoms in total. The topological polar surface area (TPSA) is 70.8 Å². The maximum absolute atomic E-state index is 5.44. The molecule has 0 spiro atoms. The van der Waals surface area contributed by atoms with Crippen molar-refractivity contribution in [3.63, 3.8) is 0 Å². The van der Waals surface area contributed by atoms with Gasteiger partial charge in [0, 0.05) is 12.6 Å². The number of H-pyrrole nitrogens is 1. The average molecular weight is 167 g/mol. The molecule has 0 amide bonds. The molecule has 12 heavy (non-hydrogen) atoms. The summed E-state index contributed by atoms with van der Waals surface area (Å²) in [6, 6.07) is 0.542. The van der Waals surface area contributed by atoms with Crippen molar-refractivity contribution in [2.24, 2.45) is 0 Å². The molecule has 1 aliphatic rings. The fourth-order valence-corrected chi connectivity index (χ4v) is 1.62. The van der Waals surface area contributed by atoms with Crippen molar-refractivity contribution >= 4 is 11.9 Å². The third-order valence-electron chi connectivity index (χ3n) is 2.30. The van der Waals surface area contributed by atoms with Crippen LogP contribution in [0, 0.1) is 0 Å². The number of hydrogen-bond donors (Lipinski definition) is 2. The Balaban J connectivity index is 2.19. The maximum atomic E-state index is 5.44. The van der Waals surface area contributed by atoms with Gasteiger partial charge in [-0.15, -0.1) is 5.10 Å². The first-order chi connectivity index (χ1) is 5.77. The lowest BCUT2D eigenvalue weighted by atomic mass is 10.2. The highest BCUT2D eigenvalue weighted by Gasteiger charge is 2.23. The lowest BCUT2D eigenvalue weighted by Gasteiger charge is -2.18. The predicted octanol–water partition coefficient (Wildman–Crippen LogP) is 0.376. The fraction of sp³-hybridized carbons (Fsp3) is 0.714. The summed E-state index contributed by atoms with van der Waals surface area (Å²) < 4.78 is 0. The van der Waals surface area contributed by atoms with E-state index in [1.807, 2.05) is 0 Å². The van der Waals surface area contributed by atoms with Crippen LogP contribution in [0.15, 0.2) is 0 Å². The Morgan fingerprint density at radius 3 is 3.00 bits per heavy atom. The number of anilines is 2. The quantitative estimate of drug-likeness (QED) is 0.634. The molecule has 1 aromatic heterocycles. The standard InChI is InChI=1S/C7H13N5/c1-5-3-2-4-12(5)7-9-6(8)10-11-7/h5H,2-4H2,1H3,(H3,8,9,10,11). The average Bonchev–Trinajstić information content (AvgIpc) is 2.58. The molecule has 1 unspecified atom stereocenters. The second-order valence-electron chi connectivity index (χ2n) is 3.21. The van der Waals surface area contributed by atoms with Gasteiger partial charge in [-0.2, -0.15) is 4.98 Å². The highest BCUT2D eigenvalue weighted by molar-refractivity contribution is 5.36. The molecule has 1 aromatic rings. The van der Waals surface area contributed by atoms with E-state index in [2.05, 4.69) is 27.0 Å². The van der Waals surface area contributed by atoms with E-state index in [4.69, 9.17) is 5.73 Å². The van der Waals surface area contributed by atoms with Gasteiger partial charge in [-0.05, 0) is 19.8 Å². The van der Waals surface area contributed by atoms with Gasteiger partial charge in [0.15, 0.2) is 0 Å². The zero-order chi connectivity index (χ0) is 8.55. The molecule has 0 aromatic carbocycles. The Morgan fingerprint density at radius 1 is 1.67 bits per heavy atom. The molecule has 1 aliphatic heterocycles. The summed E-state index contributed by atoms with van der Waals surface area (Å²) in [6.45, 7) is 3.22. The van der Waals surface area contributed by atoms with Gasteiger partial charge in [-0.1, -0.05) is 0 Å². The van der Waals surface area contributed by atoms with E-state index < -0.39 is 0 Å². The number of hydrogen-bond acceptors (Lipinski definition) is 4. The van der Waals surface area contributed by atoms with Gasteiger partial charge in [-0.3, -0.25) is 0 Å². The zero-order valence-electron chi connectivity index (χ0n) is 7.12. The highest BCUT2D eigenvalue weighted by Crippen LogP contribution is 2.21. The molecule has 66 valence electrons. The van der Waals surface area contributed by atoms with Crippen LogP contribution in [-0.2, 0) is 0 Å². The van der Waals surface area contributed by atoms with Crippen LogP contribution in [0.4, 0.5) is 11.9 Å². The van der Waals surface area contributed by atoms with E-state index in [1.165, 1.54) is 12.8 Å². The lowest BCUT2D eigenvalue weighted by molar-refractivity contribution is 0.718. The zero-order valence-corrected chi connectivity index (χ0v) is 7.12. The van der Waals surface area contributed by atoms with E-state index in [0.717, 1.165) is 12.5 Å². The summed E-state index contributed by atoms with van der Waals surface area (Å²) in [5.41, 5.74) is 5.44. The first kappa shape index (κ1) is 7.39. The minimum absolute atomic E-state index is 0.393. The van der Waals surface area contributed by atoms with Crippen molar-refractivity contribution in [2.45, 2.75) is 25.8 Å². The number of nitrogens with one attached hydrogen (secondary N) is 1. The van der Waals surface area contributed by atoms with Crippen LogP contribution < -0.4 is 10.6 Å². The van der Waals surface area contributed by atoms with Gasteiger partial charge >= 0.3 is 0 Å². The lowest BCUT2D eigenvalue weighted by Crippen LogP contribution is -2.27. The van der Waals surface area contributed by atoms with Crippen molar-refractivity contribution < 1.29 is 0 Å². The molecule has 3 N–H and O–H groups in total. The Bertz CT molecular complexity index is 269. The van der Waals surface area contributed by atoms with E-state index in [1.54, 1.807) is 0 Å². The van der Waals surface area contributed by atoms with E-state index >= 15 is 0 Å². The fourth-order valence-electron chi connectivity index (χ4n) is 1.62. The van der Waals surface area contributed by atoms with Crippen LogP contribution >= 0.6 is 0 Å². The van der Waals surface area contributed by atoms with E-state index in [-0.39, 0.29) is 0 Å². The summed E-state index contributed by atoms with van der Waals surface area (Å²) in [5.74, 6) is 1.13. The molecule has 0 aliphatic carbocycles. The van der Waals surface area contributed by atoms with Crippen molar-refractivity contribution in [1.29, 1.82) is 0 Å². The Kier molecular flexibility index (Phi) is 1.64. The summed E-state index contributed by atoms with van der Waals surface area (Å²) in [5, 5.41) is 6.65. The summed E-state index contributed by atoms with van der Waals surface area (Å²) in [7, 11) is 0. The molecule has 0 saturated carbocycles. The number of nitrogen functional groups attached to an aromatic ring is 1. The van der Waals surface area contributed by atoms with Gasteiger partial charge in [0.25, 0.3) is 0 Å². The normalized spacial score (nSPS) is 23.4. The highest BCUT2D eigenvalue weighted by atomic mass is 15.4. The second kappa shape index (κ2) is 2.66. The van der Waals surface area contributed by atoms with E-state index in [0.29, 0.717) is 12.0 Å². The molecule has 1 fully saturated rings. The van der Waals surface area contributed by atoms with E-state index in [9.17, 15) is 0 Å². The first-order valence-electron chi connectivity index (χ1n) is 4.22. The Hall–Kier alpha value is -1.26. The molecule has 0 bridgehead atoms. The smallest absolute Gasteiger partial charge is 0.246 e. The molecule has 0 radical (unpaired) electrons. The van der Waals surface area contributed by atoms with Crippen molar-refractivity contribution in [3.8, 4) is 0 Å². The molecular weight excluding hydrogens is 154 g/mol. The van der Waals surface area contributed by atoms with Gasteiger partial charge in [-0.25, -0.2) is 5.10 Å². The number of aromatic nitrogens is 3. The second-order valence-corrected chi connectivity index (χ2v) is 3.21. The Morgan fingerprint density at radius 2 is 2.50 bits per heavy atom. The molecule has 2 rings (SSSR count). The number of rotatable bonds is 1. The molecule has 2 heterocycles. The van der Waals surface area contributed by atoms with Crippen molar-refractivity contribution in [3.05, 3.63) is 0 Å². The largest absolute Gasteiger partial charge is 0.368 e. The van der Waals surface area contributed by atoms with Crippen LogP contribution in [0.1, 0.15) is 19.8 Å². The maximum Gasteiger partial charge on any atom is 0.246 e. The van der Waals surface area contributed by atoms with Gasteiger partial charge < -0.3 is 10.6 Å². The third kappa shape index (κ3) is 1.11. The molecular formula is C7H13N5. The van der Waals surface area contributed by atoms with Crippen LogP contribution in [0.3, 0.4) is 0 Å². The summed E-state index contributed by atoms with van der Waals surface area (Å²) in [4.78, 5) is 6.25. The minimum Gasteiger partial charge on any atom is -0.368 e. The number of aromatic amines is 1. The minimum atomic E-state index is 0.393. The van der Waals surface area contributed by atoms with Crippen molar-refractivity contribution in [2.75, 3.05) is 17.2 Å². The van der Waals surface area contributed by atoms with Crippen LogP contribution in [-0.4, -0.2) is 27.8 Å². The number of nitrogens with zero attached hydrogens (tertiary/aromatic N) is 3. The van der Waals surface area contributed by atoms with Crippen molar-refractivity contribution in [1.82, 2.24) is 15.2 Å². The Labute approximate surface area is 71.0 Å². The molecule has 5 heteroatoms. The summed E-state index contributed by atoms with van der Waals surface area (Å²) >= 11 is 0. The van der Waals surface area contributed by atoms with Crippen LogP contribution in [0.25, 0.3) is 0 Å². The molecule has 1 atom stereocenters. The van der Waals surface area contributed by atoms with Crippen LogP contribution in [0.2, 0.25) is 0 Å². The predicted molar refractivity (Wildman–Crippen MR) is 46.8 cm³/mol.